The minimum Gasteiger partial charge on any atom is -0.481 e. The van der Waals surface area contributed by atoms with Crippen LogP contribution in [0.3, 0.4) is 0 Å². The van der Waals surface area contributed by atoms with E-state index in [9.17, 15) is 19.5 Å². The van der Waals surface area contributed by atoms with Gasteiger partial charge in [-0.05, 0) is 73.5 Å². The first kappa shape index (κ1) is 22.9. The largest absolute Gasteiger partial charge is 0.481 e. The lowest BCUT2D eigenvalue weighted by molar-refractivity contribution is -0.181. The Labute approximate surface area is 198 Å². The molecule has 1 N–H and O–H groups in total. The maximum absolute atomic E-state index is 14.1. The maximum atomic E-state index is 14.1. The lowest BCUT2D eigenvalue weighted by Gasteiger charge is -2.57. The molecule has 0 spiro atoms. The van der Waals surface area contributed by atoms with Gasteiger partial charge in [0, 0.05) is 6.42 Å². The number of Topliss-reactive ketones (excluding diaryl/α,β-unsaturated/α-hetero) is 1. The van der Waals surface area contributed by atoms with Gasteiger partial charge in [0.1, 0.15) is 11.7 Å². The third kappa shape index (κ3) is 2.69. The predicted octanol–water partition coefficient (Wildman–Crippen LogP) is 5.45. The molecule has 0 aromatic heterocycles. The molecule has 5 rings (SSSR count). The number of carbonyl (C=O) groups is 3. The smallest absolute Gasteiger partial charge is 0.315 e. The molecule has 33 heavy (non-hydrogen) atoms. The predicted molar refractivity (Wildman–Crippen MR) is 126 cm³/mol. The number of carboxylic acids is 1. The highest BCUT2D eigenvalue weighted by Gasteiger charge is 2.86. The van der Waals surface area contributed by atoms with Crippen LogP contribution in [-0.2, 0) is 14.4 Å². The monoisotopic (exact) mass is 450 g/mol. The van der Waals surface area contributed by atoms with Crippen LogP contribution in [0.4, 0.5) is 0 Å². The number of hydrogen-bond donors (Lipinski definition) is 1. The molecule has 0 amide bonds. The molecular formula is C29H38O4. The first-order valence-corrected chi connectivity index (χ1v) is 13.2. The van der Waals surface area contributed by atoms with Gasteiger partial charge in [0.05, 0.1) is 10.8 Å². The number of fused-ring (bicyclic) bond motifs is 2. The molecule has 0 unspecified atom stereocenters. The normalized spacial score (nSPS) is 43.6. The minimum absolute atomic E-state index is 0.0246. The highest BCUT2D eigenvalue weighted by atomic mass is 16.4. The van der Waals surface area contributed by atoms with Crippen LogP contribution in [0.15, 0.2) is 11.6 Å². The van der Waals surface area contributed by atoms with Crippen LogP contribution < -0.4 is 0 Å². The molecule has 0 saturated heterocycles. The van der Waals surface area contributed by atoms with E-state index in [1.807, 2.05) is 13.8 Å². The van der Waals surface area contributed by atoms with Crippen molar-refractivity contribution in [2.75, 3.05) is 0 Å². The second-order valence-corrected chi connectivity index (χ2v) is 12.1. The van der Waals surface area contributed by atoms with Crippen molar-refractivity contribution in [1.29, 1.82) is 0 Å². The van der Waals surface area contributed by atoms with Crippen molar-refractivity contribution in [2.45, 2.75) is 85.0 Å². The van der Waals surface area contributed by atoms with Gasteiger partial charge in [-0.3, -0.25) is 9.59 Å². The van der Waals surface area contributed by atoms with Crippen LogP contribution in [0.2, 0.25) is 0 Å². The van der Waals surface area contributed by atoms with E-state index in [0.29, 0.717) is 24.7 Å². The number of carboxylic acid groups (broad SMARTS) is 1. The Bertz CT molecular complexity index is 960. The standard InChI is InChI=1S/C29H38O4/c1-18(2)24-14-21-15-27(17-30)23-13-12-19(3)22(23)16-28(21,29(24,27)26(32)33)25(31)11-7-10-20-8-5-4-6-9-20/h14,17-23H,4-6,8-10,12-13,15-16H2,1-3H3,(H,32,33)/t19-,21+,22-,23-,27+,28-,29+/m1/s1. The molecular weight excluding hydrogens is 412 g/mol. The third-order valence-electron chi connectivity index (χ3n) is 10.6. The van der Waals surface area contributed by atoms with Gasteiger partial charge in [-0.25, -0.2) is 0 Å². The minimum atomic E-state index is -1.44. The molecule has 7 atom stereocenters. The van der Waals surface area contributed by atoms with Gasteiger partial charge < -0.3 is 9.90 Å². The van der Waals surface area contributed by atoms with Gasteiger partial charge in [0.25, 0.3) is 0 Å². The zero-order chi connectivity index (χ0) is 23.6. The van der Waals surface area contributed by atoms with Gasteiger partial charge in [-0.2, -0.15) is 0 Å². The van der Waals surface area contributed by atoms with Crippen molar-refractivity contribution in [3.8, 4) is 11.8 Å². The van der Waals surface area contributed by atoms with Crippen LogP contribution >= 0.6 is 0 Å². The summed E-state index contributed by atoms with van der Waals surface area (Å²) in [5.74, 6) is 6.00. The fraction of sp³-hybridized carbons (Fsp3) is 0.759. The molecule has 0 radical (unpaired) electrons. The summed E-state index contributed by atoms with van der Waals surface area (Å²) < 4.78 is 0. The molecule has 4 saturated carbocycles. The van der Waals surface area contributed by atoms with Crippen molar-refractivity contribution < 1.29 is 19.5 Å². The summed E-state index contributed by atoms with van der Waals surface area (Å²) >= 11 is 0. The van der Waals surface area contributed by atoms with Gasteiger partial charge >= 0.3 is 5.97 Å². The lowest BCUT2D eigenvalue weighted by atomic mass is 9.42. The second kappa shape index (κ2) is 7.82. The van der Waals surface area contributed by atoms with Crippen molar-refractivity contribution in [3.63, 3.8) is 0 Å². The van der Waals surface area contributed by atoms with Crippen LogP contribution in [0.25, 0.3) is 0 Å². The molecule has 0 heterocycles. The summed E-state index contributed by atoms with van der Waals surface area (Å²) in [5, 5.41) is 10.9. The summed E-state index contributed by atoms with van der Waals surface area (Å²) in [6.07, 6.45) is 12.8. The Balaban J connectivity index is 1.63. The van der Waals surface area contributed by atoms with E-state index in [0.717, 1.165) is 31.1 Å². The average molecular weight is 451 g/mol. The molecule has 0 aromatic rings. The Morgan fingerprint density at radius 1 is 1.15 bits per heavy atom. The summed E-state index contributed by atoms with van der Waals surface area (Å²) in [5.41, 5.74) is -2.73. The van der Waals surface area contributed by atoms with Gasteiger partial charge in [-0.1, -0.05) is 64.0 Å². The average Bonchev–Trinajstić information content (AvgIpc) is 3.37. The van der Waals surface area contributed by atoms with E-state index in [4.69, 9.17) is 0 Å². The van der Waals surface area contributed by atoms with Gasteiger partial charge in [0.2, 0.25) is 5.78 Å². The molecule has 0 aliphatic heterocycles. The van der Waals surface area contributed by atoms with E-state index in [2.05, 4.69) is 24.8 Å². The van der Waals surface area contributed by atoms with Crippen molar-refractivity contribution >= 4 is 18.0 Å². The van der Waals surface area contributed by atoms with E-state index < -0.39 is 22.2 Å². The topological polar surface area (TPSA) is 71.4 Å². The molecule has 4 nitrogen and oxygen atoms in total. The first-order chi connectivity index (χ1) is 15.8. The Kier molecular flexibility index (Phi) is 5.42. The lowest BCUT2D eigenvalue weighted by Crippen LogP contribution is -2.64. The van der Waals surface area contributed by atoms with Crippen LogP contribution in [-0.4, -0.2) is 23.1 Å². The molecule has 178 valence electrons. The summed E-state index contributed by atoms with van der Waals surface area (Å²) in [4.78, 5) is 40.5. The number of hydrogen-bond acceptors (Lipinski definition) is 3. The molecule has 5 aliphatic rings. The van der Waals surface area contributed by atoms with Gasteiger partial charge in [-0.15, -0.1) is 0 Å². The maximum Gasteiger partial charge on any atom is 0.315 e. The second-order valence-electron chi connectivity index (χ2n) is 12.1. The Hall–Kier alpha value is -1.89. The quantitative estimate of drug-likeness (QED) is 0.261. The highest BCUT2D eigenvalue weighted by molar-refractivity contribution is 6.08. The first-order valence-electron chi connectivity index (χ1n) is 13.2. The zero-order valence-electron chi connectivity index (χ0n) is 20.4. The number of aliphatic carboxylic acids is 1. The van der Waals surface area contributed by atoms with Crippen LogP contribution in [0, 0.1) is 63.6 Å². The SMILES string of the molecule is CC(C)C1=C[C@H]2C[C@]3(C=O)[C@@H]4CC[C@@H](C)[C@H]4C[C@@]2(C(=O)C#CCC2CCCCC2)[C@]13C(=O)O. The fourth-order valence-electron chi connectivity index (χ4n) is 9.38. The molecule has 4 bridgehead atoms. The van der Waals surface area contributed by atoms with E-state index >= 15 is 0 Å². The molecule has 5 aliphatic carbocycles. The Morgan fingerprint density at radius 3 is 2.52 bits per heavy atom. The fourth-order valence-corrected chi connectivity index (χ4v) is 9.38. The van der Waals surface area contributed by atoms with Crippen molar-refractivity contribution in [2.24, 2.45) is 51.8 Å². The number of ketones is 1. The molecule has 4 heteroatoms. The molecule has 0 aromatic carbocycles. The highest BCUT2D eigenvalue weighted by Crippen LogP contribution is 2.82. The van der Waals surface area contributed by atoms with Crippen LogP contribution in [0.1, 0.15) is 85.0 Å². The van der Waals surface area contributed by atoms with Crippen molar-refractivity contribution in [3.05, 3.63) is 11.6 Å². The third-order valence-corrected chi connectivity index (χ3v) is 10.6. The number of carbonyl (C=O) groups excluding carboxylic acids is 2. The summed E-state index contributed by atoms with van der Waals surface area (Å²) in [6, 6.07) is 0. The van der Waals surface area contributed by atoms with Gasteiger partial charge in [0.15, 0.2) is 0 Å². The van der Waals surface area contributed by atoms with E-state index in [-0.39, 0.29) is 29.5 Å². The van der Waals surface area contributed by atoms with E-state index in [1.165, 1.54) is 32.1 Å². The number of rotatable bonds is 5. The van der Waals surface area contributed by atoms with Crippen molar-refractivity contribution in [1.82, 2.24) is 0 Å². The summed E-state index contributed by atoms with van der Waals surface area (Å²) in [6.45, 7) is 6.23. The molecule has 4 fully saturated rings. The number of aldehydes is 1. The number of allylic oxidation sites excluding steroid dienone is 1. The Morgan fingerprint density at radius 2 is 1.88 bits per heavy atom. The summed E-state index contributed by atoms with van der Waals surface area (Å²) in [7, 11) is 0. The van der Waals surface area contributed by atoms with Crippen LogP contribution in [0.5, 0.6) is 0 Å². The zero-order valence-corrected chi connectivity index (χ0v) is 20.4. The van der Waals surface area contributed by atoms with E-state index in [1.54, 1.807) is 0 Å².